The maximum Gasteiger partial charge on any atom is 0.337 e. The molecular weight excluding hydrogens is 242 g/mol. The normalized spacial score (nSPS) is 10.7. The SMILES string of the molecule is CCN(CC)CCCNc1cccc(C(=O)O)c1N. The maximum atomic E-state index is 11.0. The second-order valence-electron chi connectivity index (χ2n) is 4.38. The summed E-state index contributed by atoms with van der Waals surface area (Å²) in [6, 6.07) is 5.02. The number of carboxylic acids is 1. The molecule has 5 nitrogen and oxygen atoms in total. The standard InChI is InChI=1S/C14H23N3O2/c1-3-17(4-2)10-6-9-16-12-8-5-7-11(13(12)15)14(18)19/h5,7-8,16H,3-4,6,9-10,15H2,1-2H3,(H,18,19). The predicted molar refractivity (Wildman–Crippen MR) is 78.7 cm³/mol. The highest BCUT2D eigenvalue weighted by atomic mass is 16.4. The van der Waals surface area contributed by atoms with Crippen LogP contribution in [0, 0.1) is 0 Å². The van der Waals surface area contributed by atoms with E-state index in [4.69, 9.17) is 10.8 Å². The van der Waals surface area contributed by atoms with Crippen LogP contribution < -0.4 is 11.1 Å². The van der Waals surface area contributed by atoms with Crippen LogP contribution in [0.25, 0.3) is 0 Å². The first-order valence-electron chi connectivity index (χ1n) is 6.68. The van der Waals surface area contributed by atoms with Gasteiger partial charge < -0.3 is 21.1 Å². The number of para-hydroxylation sites is 1. The average Bonchev–Trinajstić information content (AvgIpc) is 2.40. The Morgan fingerprint density at radius 3 is 2.63 bits per heavy atom. The van der Waals surface area contributed by atoms with Crippen molar-refractivity contribution in [3.05, 3.63) is 23.8 Å². The van der Waals surface area contributed by atoms with Crippen LogP contribution >= 0.6 is 0 Å². The van der Waals surface area contributed by atoms with Gasteiger partial charge in [0.1, 0.15) is 0 Å². The summed E-state index contributed by atoms with van der Waals surface area (Å²) >= 11 is 0. The number of nitrogen functional groups attached to an aromatic ring is 1. The molecule has 0 aromatic heterocycles. The van der Waals surface area contributed by atoms with Gasteiger partial charge in [0.25, 0.3) is 0 Å². The molecular formula is C14H23N3O2. The zero-order valence-corrected chi connectivity index (χ0v) is 11.6. The van der Waals surface area contributed by atoms with E-state index in [0.717, 1.165) is 32.6 Å². The fourth-order valence-electron chi connectivity index (χ4n) is 1.97. The number of nitrogens with zero attached hydrogens (tertiary/aromatic N) is 1. The lowest BCUT2D eigenvalue weighted by molar-refractivity contribution is 0.0698. The molecule has 0 bridgehead atoms. The van der Waals surface area contributed by atoms with Crippen molar-refractivity contribution in [2.24, 2.45) is 0 Å². The number of benzene rings is 1. The summed E-state index contributed by atoms with van der Waals surface area (Å²) in [4.78, 5) is 13.3. The smallest absolute Gasteiger partial charge is 0.337 e. The lowest BCUT2D eigenvalue weighted by Crippen LogP contribution is -2.25. The molecule has 0 saturated heterocycles. The van der Waals surface area contributed by atoms with Gasteiger partial charge in [0.2, 0.25) is 0 Å². The van der Waals surface area contributed by atoms with E-state index in [1.165, 1.54) is 6.07 Å². The highest BCUT2D eigenvalue weighted by molar-refractivity contribution is 5.97. The van der Waals surface area contributed by atoms with E-state index < -0.39 is 5.97 Å². The van der Waals surface area contributed by atoms with Gasteiger partial charge in [0.15, 0.2) is 0 Å². The monoisotopic (exact) mass is 265 g/mol. The summed E-state index contributed by atoms with van der Waals surface area (Å²) in [6.07, 6.45) is 0.998. The minimum atomic E-state index is -0.996. The van der Waals surface area contributed by atoms with E-state index in [2.05, 4.69) is 24.1 Å². The van der Waals surface area contributed by atoms with Crippen molar-refractivity contribution in [3.8, 4) is 0 Å². The summed E-state index contributed by atoms with van der Waals surface area (Å²) in [7, 11) is 0. The molecule has 0 aliphatic rings. The van der Waals surface area contributed by atoms with Crippen LogP contribution in [-0.4, -0.2) is 42.2 Å². The number of rotatable bonds is 8. The Morgan fingerprint density at radius 1 is 1.37 bits per heavy atom. The topological polar surface area (TPSA) is 78.6 Å². The zero-order chi connectivity index (χ0) is 14.3. The Bertz CT molecular complexity index is 417. The van der Waals surface area contributed by atoms with Crippen molar-refractivity contribution >= 4 is 17.3 Å². The van der Waals surface area contributed by atoms with E-state index in [0.29, 0.717) is 11.4 Å². The molecule has 0 saturated carbocycles. The minimum Gasteiger partial charge on any atom is -0.478 e. The number of aromatic carboxylic acids is 1. The van der Waals surface area contributed by atoms with E-state index in [9.17, 15) is 4.79 Å². The quantitative estimate of drug-likeness (QED) is 0.495. The molecule has 1 rings (SSSR count). The van der Waals surface area contributed by atoms with Gasteiger partial charge in [-0.3, -0.25) is 0 Å². The minimum absolute atomic E-state index is 0.147. The largest absolute Gasteiger partial charge is 0.478 e. The first-order chi connectivity index (χ1) is 9.10. The third-order valence-electron chi connectivity index (χ3n) is 3.20. The summed E-state index contributed by atoms with van der Waals surface area (Å²) in [5.41, 5.74) is 6.97. The fourth-order valence-corrected chi connectivity index (χ4v) is 1.97. The first-order valence-corrected chi connectivity index (χ1v) is 6.68. The first kappa shape index (κ1) is 15.3. The molecule has 0 amide bonds. The van der Waals surface area contributed by atoms with Crippen LogP contribution in [-0.2, 0) is 0 Å². The highest BCUT2D eigenvalue weighted by Gasteiger charge is 2.10. The summed E-state index contributed by atoms with van der Waals surface area (Å²) in [5, 5.41) is 12.2. The Hall–Kier alpha value is -1.75. The molecule has 5 heteroatoms. The van der Waals surface area contributed by atoms with Gasteiger partial charge in [0.05, 0.1) is 16.9 Å². The number of hydrogen-bond acceptors (Lipinski definition) is 4. The van der Waals surface area contributed by atoms with Gasteiger partial charge >= 0.3 is 5.97 Å². The van der Waals surface area contributed by atoms with Crippen molar-refractivity contribution < 1.29 is 9.90 Å². The molecule has 0 aliphatic heterocycles. The van der Waals surface area contributed by atoms with Crippen molar-refractivity contribution in [1.29, 1.82) is 0 Å². The third kappa shape index (κ3) is 4.44. The van der Waals surface area contributed by atoms with Crippen molar-refractivity contribution in [3.63, 3.8) is 0 Å². The van der Waals surface area contributed by atoms with Crippen LogP contribution in [0.3, 0.4) is 0 Å². The molecule has 4 N–H and O–H groups in total. The van der Waals surface area contributed by atoms with Crippen molar-refractivity contribution in [2.75, 3.05) is 37.2 Å². The number of nitrogens with two attached hydrogens (primary N) is 1. The Balaban J connectivity index is 2.50. The van der Waals surface area contributed by atoms with Gasteiger partial charge in [-0.25, -0.2) is 4.79 Å². The molecule has 1 aromatic rings. The van der Waals surface area contributed by atoms with Crippen molar-refractivity contribution in [2.45, 2.75) is 20.3 Å². The summed E-state index contributed by atoms with van der Waals surface area (Å²) < 4.78 is 0. The second-order valence-corrected chi connectivity index (χ2v) is 4.38. The summed E-state index contributed by atoms with van der Waals surface area (Å²) in [5.74, 6) is -0.996. The number of nitrogens with one attached hydrogen (secondary N) is 1. The van der Waals surface area contributed by atoms with Gasteiger partial charge in [-0.1, -0.05) is 19.9 Å². The molecule has 0 fully saturated rings. The molecule has 1 aromatic carbocycles. The van der Waals surface area contributed by atoms with E-state index in [1.54, 1.807) is 12.1 Å². The van der Waals surface area contributed by atoms with Gasteiger partial charge in [-0.15, -0.1) is 0 Å². The van der Waals surface area contributed by atoms with Crippen LogP contribution in [0.15, 0.2) is 18.2 Å². The van der Waals surface area contributed by atoms with E-state index in [-0.39, 0.29) is 5.56 Å². The molecule has 0 heterocycles. The maximum absolute atomic E-state index is 11.0. The Labute approximate surface area is 114 Å². The molecule has 19 heavy (non-hydrogen) atoms. The van der Waals surface area contributed by atoms with Gasteiger partial charge in [0, 0.05) is 6.54 Å². The van der Waals surface area contributed by atoms with Crippen LogP contribution in [0.1, 0.15) is 30.6 Å². The lowest BCUT2D eigenvalue weighted by Gasteiger charge is -2.18. The highest BCUT2D eigenvalue weighted by Crippen LogP contribution is 2.22. The molecule has 0 atom stereocenters. The molecule has 0 aliphatic carbocycles. The number of hydrogen-bond donors (Lipinski definition) is 3. The lowest BCUT2D eigenvalue weighted by atomic mass is 10.1. The average molecular weight is 265 g/mol. The van der Waals surface area contributed by atoms with E-state index >= 15 is 0 Å². The number of anilines is 2. The summed E-state index contributed by atoms with van der Waals surface area (Å²) in [6.45, 7) is 8.19. The van der Waals surface area contributed by atoms with Crippen LogP contribution in [0.4, 0.5) is 11.4 Å². The second kappa shape index (κ2) is 7.63. The molecule has 0 spiro atoms. The van der Waals surface area contributed by atoms with Crippen LogP contribution in [0.5, 0.6) is 0 Å². The zero-order valence-electron chi connectivity index (χ0n) is 11.6. The van der Waals surface area contributed by atoms with Gasteiger partial charge in [-0.05, 0) is 38.2 Å². The van der Waals surface area contributed by atoms with Crippen molar-refractivity contribution in [1.82, 2.24) is 4.90 Å². The number of carbonyl (C=O) groups is 1. The Morgan fingerprint density at radius 2 is 2.05 bits per heavy atom. The molecule has 0 radical (unpaired) electrons. The fraction of sp³-hybridized carbons (Fsp3) is 0.500. The van der Waals surface area contributed by atoms with Crippen LogP contribution in [0.2, 0.25) is 0 Å². The van der Waals surface area contributed by atoms with Gasteiger partial charge in [-0.2, -0.15) is 0 Å². The third-order valence-corrected chi connectivity index (χ3v) is 3.20. The molecule has 106 valence electrons. The van der Waals surface area contributed by atoms with E-state index in [1.807, 2.05) is 0 Å². The molecule has 0 unspecified atom stereocenters. The predicted octanol–water partition coefficient (Wildman–Crippen LogP) is 2.11. The Kier molecular flexibility index (Phi) is 6.15. The number of carboxylic acid groups (broad SMARTS) is 1.